The Morgan fingerprint density at radius 1 is 1.20 bits per heavy atom. The van der Waals surface area contributed by atoms with E-state index in [9.17, 15) is 0 Å². The minimum absolute atomic E-state index is 0.259. The Kier molecular flexibility index (Phi) is 2.32. The predicted molar refractivity (Wildman–Crippen MR) is 69.4 cm³/mol. The van der Waals surface area contributed by atoms with Crippen molar-refractivity contribution in [1.82, 2.24) is 0 Å². The second kappa shape index (κ2) is 3.45. The second-order valence-corrected chi connectivity index (χ2v) is 5.88. The molecule has 0 radical (unpaired) electrons. The van der Waals surface area contributed by atoms with E-state index < -0.39 is 0 Å². The summed E-state index contributed by atoms with van der Waals surface area (Å²) in [5.41, 5.74) is 2.20. The number of alkyl halides is 1. The number of rotatable bonds is 3. The maximum atomic E-state index is 5.93. The van der Waals surface area contributed by atoms with Gasteiger partial charge >= 0.3 is 0 Å². The van der Waals surface area contributed by atoms with Gasteiger partial charge in [-0.15, -0.1) is 0 Å². The molecule has 0 unspecified atom stereocenters. The van der Waals surface area contributed by atoms with Crippen molar-refractivity contribution in [3.05, 3.63) is 35.9 Å². The van der Waals surface area contributed by atoms with Gasteiger partial charge in [0.1, 0.15) is 0 Å². The molecule has 1 aromatic rings. The highest BCUT2D eigenvalue weighted by Gasteiger charge is 2.61. The molecule has 4 rings (SSSR count). The third kappa shape index (κ3) is 1.62. The lowest BCUT2D eigenvalue weighted by molar-refractivity contribution is 0.0110. The van der Waals surface area contributed by atoms with Crippen molar-refractivity contribution in [2.45, 2.75) is 24.9 Å². The van der Waals surface area contributed by atoms with Gasteiger partial charge in [-0.05, 0) is 24.8 Å². The fraction of sp³-hybridized carbons (Fsp3) is 0.538. The van der Waals surface area contributed by atoms with Crippen LogP contribution >= 0.6 is 22.6 Å². The number of benzene rings is 1. The van der Waals surface area contributed by atoms with E-state index in [0.29, 0.717) is 5.41 Å². The lowest BCUT2D eigenvalue weighted by atomic mass is 9.61. The third-order valence-corrected chi connectivity index (χ3v) is 5.13. The molecule has 1 saturated carbocycles. The fourth-order valence-corrected chi connectivity index (χ4v) is 3.92. The number of ether oxygens (including phenoxy) is 1. The van der Waals surface area contributed by atoms with Crippen molar-refractivity contribution >= 4 is 22.6 Å². The minimum Gasteiger partial charge on any atom is -0.374 e. The summed E-state index contributed by atoms with van der Waals surface area (Å²) in [6.07, 6.45) is 3.75. The Hall–Kier alpha value is -0.0900. The van der Waals surface area contributed by atoms with Gasteiger partial charge in [-0.25, -0.2) is 0 Å². The number of fused-ring (bicyclic) bond motifs is 1. The van der Waals surface area contributed by atoms with E-state index in [1.54, 1.807) is 0 Å². The normalized spacial score (nSPS) is 37.7. The van der Waals surface area contributed by atoms with Crippen LogP contribution in [-0.2, 0) is 11.2 Å². The molecule has 1 nitrogen and oxygen atoms in total. The molecule has 1 aliphatic carbocycles. The zero-order chi connectivity index (χ0) is 10.4. The van der Waals surface area contributed by atoms with Crippen molar-refractivity contribution in [2.24, 2.45) is 5.41 Å². The Morgan fingerprint density at radius 3 is 2.53 bits per heavy atom. The monoisotopic (exact) mass is 314 g/mol. The summed E-state index contributed by atoms with van der Waals surface area (Å²) in [6, 6.07) is 10.8. The predicted octanol–water partition coefficient (Wildman–Crippen LogP) is 3.21. The van der Waals surface area contributed by atoms with Gasteiger partial charge in [0.2, 0.25) is 0 Å². The van der Waals surface area contributed by atoms with E-state index in [4.69, 9.17) is 4.74 Å². The topological polar surface area (TPSA) is 9.23 Å². The molecule has 80 valence electrons. The first-order chi connectivity index (χ1) is 7.26. The van der Waals surface area contributed by atoms with Crippen LogP contribution in [0.3, 0.4) is 0 Å². The summed E-state index contributed by atoms with van der Waals surface area (Å²) < 4.78 is 7.09. The number of halogens is 1. The standard InChI is InChI=1S/C13H15IO/c14-9-13-7-12(8-13,10-15-13)6-11-4-2-1-3-5-11/h1-5H,6-10H2. The zero-order valence-corrected chi connectivity index (χ0v) is 10.9. The maximum Gasteiger partial charge on any atom is 0.0784 e. The maximum absolute atomic E-state index is 5.93. The first kappa shape index (κ1) is 10.1. The van der Waals surface area contributed by atoms with Crippen LogP contribution in [0.15, 0.2) is 30.3 Å². The number of hydrogen-bond donors (Lipinski definition) is 0. The average Bonchev–Trinajstić information content (AvgIpc) is 2.74. The Labute approximate surface area is 104 Å². The molecular formula is C13H15IO. The summed E-state index contributed by atoms with van der Waals surface area (Å²) in [7, 11) is 0. The van der Waals surface area contributed by atoms with Gasteiger partial charge in [-0.1, -0.05) is 52.9 Å². The van der Waals surface area contributed by atoms with Crippen LogP contribution in [0.1, 0.15) is 18.4 Å². The smallest absolute Gasteiger partial charge is 0.0784 e. The summed E-state index contributed by atoms with van der Waals surface area (Å²) in [6.45, 7) is 0.977. The van der Waals surface area contributed by atoms with Crippen molar-refractivity contribution in [3.8, 4) is 0 Å². The zero-order valence-electron chi connectivity index (χ0n) is 8.71. The quantitative estimate of drug-likeness (QED) is 0.615. The lowest BCUT2D eigenvalue weighted by Gasteiger charge is -2.43. The Bertz CT molecular complexity index is 354. The molecule has 2 heterocycles. The van der Waals surface area contributed by atoms with E-state index >= 15 is 0 Å². The van der Waals surface area contributed by atoms with Crippen LogP contribution in [0.2, 0.25) is 0 Å². The van der Waals surface area contributed by atoms with Crippen LogP contribution in [0.25, 0.3) is 0 Å². The lowest BCUT2D eigenvalue weighted by Crippen LogP contribution is -2.46. The minimum atomic E-state index is 0.259. The molecule has 0 aromatic heterocycles. The summed E-state index contributed by atoms with van der Waals surface area (Å²) in [4.78, 5) is 0. The van der Waals surface area contributed by atoms with Crippen LogP contribution in [0, 0.1) is 5.41 Å². The highest BCUT2D eigenvalue weighted by atomic mass is 127. The van der Waals surface area contributed by atoms with Crippen molar-refractivity contribution in [2.75, 3.05) is 11.0 Å². The van der Waals surface area contributed by atoms with Crippen molar-refractivity contribution in [1.29, 1.82) is 0 Å². The fourth-order valence-electron chi connectivity index (χ4n) is 3.16. The van der Waals surface area contributed by atoms with Gasteiger partial charge in [0, 0.05) is 9.84 Å². The van der Waals surface area contributed by atoms with Gasteiger partial charge in [-0.3, -0.25) is 0 Å². The van der Waals surface area contributed by atoms with Crippen molar-refractivity contribution < 1.29 is 4.74 Å². The van der Waals surface area contributed by atoms with Crippen LogP contribution in [0.4, 0.5) is 0 Å². The number of hydrogen-bond acceptors (Lipinski definition) is 1. The molecule has 0 N–H and O–H groups in total. The summed E-state index contributed by atoms with van der Waals surface area (Å²) in [5.74, 6) is 0. The van der Waals surface area contributed by atoms with E-state index in [0.717, 1.165) is 11.0 Å². The molecule has 2 heteroatoms. The SMILES string of the molecule is ICC12CC(Cc3ccccc3)(CO1)C2. The molecule has 0 spiro atoms. The third-order valence-electron chi connectivity index (χ3n) is 3.74. The molecule has 3 aliphatic rings. The second-order valence-electron chi connectivity index (χ2n) is 5.12. The molecule has 1 aromatic carbocycles. The molecule has 0 amide bonds. The molecule has 15 heavy (non-hydrogen) atoms. The highest BCUT2D eigenvalue weighted by Crippen LogP contribution is 2.59. The average molecular weight is 314 g/mol. The van der Waals surface area contributed by atoms with Gasteiger partial charge in [0.05, 0.1) is 12.2 Å². The first-order valence-corrected chi connectivity index (χ1v) is 7.02. The highest BCUT2D eigenvalue weighted by molar-refractivity contribution is 14.1. The molecule has 2 aliphatic heterocycles. The molecule has 2 saturated heterocycles. The largest absolute Gasteiger partial charge is 0.374 e. The van der Waals surface area contributed by atoms with Gasteiger partial charge < -0.3 is 4.74 Å². The van der Waals surface area contributed by atoms with E-state index in [1.807, 2.05) is 0 Å². The van der Waals surface area contributed by atoms with Crippen LogP contribution < -0.4 is 0 Å². The van der Waals surface area contributed by atoms with Gasteiger partial charge in [0.15, 0.2) is 0 Å². The molecule has 2 bridgehead atoms. The molecule has 3 fully saturated rings. The summed E-state index contributed by atoms with van der Waals surface area (Å²) in [5, 5.41) is 0. The van der Waals surface area contributed by atoms with E-state index in [-0.39, 0.29) is 5.60 Å². The summed E-state index contributed by atoms with van der Waals surface area (Å²) >= 11 is 2.46. The Morgan fingerprint density at radius 2 is 1.93 bits per heavy atom. The van der Waals surface area contributed by atoms with Crippen LogP contribution in [0.5, 0.6) is 0 Å². The first-order valence-electron chi connectivity index (χ1n) is 5.50. The molecular weight excluding hydrogens is 299 g/mol. The van der Waals surface area contributed by atoms with Crippen LogP contribution in [-0.4, -0.2) is 16.6 Å². The van der Waals surface area contributed by atoms with Crippen molar-refractivity contribution in [3.63, 3.8) is 0 Å². The molecule has 0 atom stereocenters. The Balaban J connectivity index is 1.72. The van der Waals surface area contributed by atoms with E-state index in [1.165, 1.54) is 24.8 Å². The van der Waals surface area contributed by atoms with Gasteiger partial charge in [-0.2, -0.15) is 0 Å². The van der Waals surface area contributed by atoms with Gasteiger partial charge in [0.25, 0.3) is 0 Å². The van der Waals surface area contributed by atoms with E-state index in [2.05, 4.69) is 52.9 Å².